The van der Waals surface area contributed by atoms with Gasteiger partial charge in [-0.15, -0.1) is 0 Å². The van der Waals surface area contributed by atoms with Crippen LogP contribution in [0.3, 0.4) is 0 Å². The van der Waals surface area contributed by atoms with Crippen molar-refractivity contribution >= 4 is 17.8 Å². The van der Waals surface area contributed by atoms with Crippen LogP contribution in [-0.2, 0) is 0 Å². The summed E-state index contributed by atoms with van der Waals surface area (Å²) in [5, 5.41) is 0. The van der Waals surface area contributed by atoms with Gasteiger partial charge in [0, 0.05) is 18.0 Å². The van der Waals surface area contributed by atoms with E-state index in [1.165, 1.54) is 11.5 Å². The van der Waals surface area contributed by atoms with E-state index in [2.05, 4.69) is 9.36 Å². The van der Waals surface area contributed by atoms with E-state index < -0.39 is 0 Å². The molecule has 0 spiro atoms. The Kier molecular flexibility index (Phi) is 1.75. The van der Waals surface area contributed by atoms with Gasteiger partial charge in [0.05, 0.1) is 10.6 Å². The van der Waals surface area contributed by atoms with E-state index in [9.17, 15) is 4.79 Å². The van der Waals surface area contributed by atoms with Crippen molar-refractivity contribution in [3.63, 3.8) is 0 Å². The quantitative estimate of drug-likeness (QED) is 0.714. The van der Waals surface area contributed by atoms with Crippen molar-refractivity contribution in [2.45, 2.75) is 0 Å². The minimum Gasteiger partial charge on any atom is -0.367 e. The van der Waals surface area contributed by atoms with Crippen molar-refractivity contribution in [3.05, 3.63) is 29.4 Å². The van der Waals surface area contributed by atoms with Gasteiger partial charge in [0.15, 0.2) is 6.29 Å². The highest BCUT2D eigenvalue weighted by atomic mass is 32.1. The molecule has 0 unspecified atom stereocenters. The van der Waals surface area contributed by atoms with Gasteiger partial charge >= 0.3 is 0 Å². The van der Waals surface area contributed by atoms with Gasteiger partial charge in [-0.2, -0.15) is 4.37 Å². The number of nitrogens with one attached hydrogen (secondary N) is 1. The van der Waals surface area contributed by atoms with Crippen molar-refractivity contribution in [1.29, 1.82) is 0 Å². The van der Waals surface area contributed by atoms with E-state index >= 15 is 0 Å². The molecule has 2 heterocycles. The predicted octanol–water partition coefficient (Wildman–Crippen LogP) is 1.95. The molecule has 4 heteroatoms. The molecule has 0 saturated heterocycles. The zero-order valence-electron chi connectivity index (χ0n) is 6.15. The minimum absolute atomic E-state index is 0.659. The average molecular weight is 178 g/mol. The van der Waals surface area contributed by atoms with Crippen LogP contribution in [0.15, 0.2) is 24.5 Å². The zero-order chi connectivity index (χ0) is 8.39. The molecule has 0 radical (unpaired) electrons. The SMILES string of the molecule is O=Cc1cc(-c2cc[nH]c2)ns1. The maximum absolute atomic E-state index is 10.4. The first-order valence-electron chi connectivity index (χ1n) is 3.45. The topological polar surface area (TPSA) is 45.8 Å². The van der Waals surface area contributed by atoms with Gasteiger partial charge in [0.2, 0.25) is 0 Å². The summed E-state index contributed by atoms with van der Waals surface area (Å²) < 4.78 is 4.12. The first-order chi connectivity index (χ1) is 5.90. The van der Waals surface area contributed by atoms with Crippen LogP contribution in [0.2, 0.25) is 0 Å². The van der Waals surface area contributed by atoms with Crippen molar-refractivity contribution in [3.8, 4) is 11.3 Å². The van der Waals surface area contributed by atoms with Crippen molar-refractivity contribution in [1.82, 2.24) is 9.36 Å². The van der Waals surface area contributed by atoms with Crippen LogP contribution in [0.4, 0.5) is 0 Å². The van der Waals surface area contributed by atoms with Gasteiger partial charge in [-0.1, -0.05) is 0 Å². The van der Waals surface area contributed by atoms with E-state index in [1.54, 1.807) is 6.07 Å². The Morgan fingerprint density at radius 1 is 1.58 bits per heavy atom. The van der Waals surface area contributed by atoms with Gasteiger partial charge in [-0.25, -0.2) is 0 Å². The largest absolute Gasteiger partial charge is 0.367 e. The third kappa shape index (κ3) is 1.16. The molecule has 60 valence electrons. The van der Waals surface area contributed by atoms with Crippen LogP contribution >= 0.6 is 11.5 Å². The number of carbonyl (C=O) groups is 1. The summed E-state index contributed by atoms with van der Waals surface area (Å²) in [7, 11) is 0. The normalized spacial score (nSPS) is 10.0. The van der Waals surface area contributed by atoms with E-state index in [4.69, 9.17) is 0 Å². The standard InChI is InChI=1S/C8H6N2OS/c11-5-7-3-8(10-12-7)6-1-2-9-4-6/h1-5,9H. The fourth-order valence-electron chi connectivity index (χ4n) is 0.964. The number of aromatic nitrogens is 2. The lowest BCUT2D eigenvalue weighted by molar-refractivity contribution is 0.112. The molecule has 0 atom stereocenters. The number of nitrogens with zero attached hydrogens (tertiary/aromatic N) is 1. The molecular weight excluding hydrogens is 172 g/mol. The number of rotatable bonds is 2. The number of hydrogen-bond acceptors (Lipinski definition) is 3. The van der Waals surface area contributed by atoms with Gasteiger partial charge in [0.1, 0.15) is 0 Å². The number of aromatic amines is 1. The summed E-state index contributed by atoms with van der Waals surface area (Å²) in [6.45, 7) is 0. The summed E-state index contributed by atoms with van der Waals surface area (Å²) in [5.74, 6) is 0. The van der Waals surface area contributed by atoms with Gasteiger partial charge in [-0.3, -0.25) is 4.79 Å². The molecule has 2 aromatic rings. The molecule has 0 amide bonds. The third-order valence-electron chi connectivity index (χ3n) is 1.54. The highest BCUT2D eigenvalue weighted by molar-refractivity contribution is 7.07. The Bertz CT molecular complexity index is 377. The van der Waals surface area contributed by atoms with Crippen LogP contribution < -0.4 is 0 Å². The summed E-state index contributed by atoms with van der Waals surface area (Å²) in [6.07, 6.45) is 4.49. The third-order valence-corrected chi connectivity index (χ3v) is 2.25. The molecule has 0 saturated carbocycles. The molecule has 3 nitrogen and oxygen atoms in total. The summed E-state index contributed by atoms with van der Waals surface area (Å²) in [6, 6.07) is 3.70. The van der Waals surface area contributed by atoms with E-state index in [-0.39, 0.29) is 0 Å². The first-order valence-corrected chi connectivity index (χ1v) is 4.22. The molecule has 2 aromatic heterocycles. The highest BCUT2D eigenvalue weighted by Gasteiger charge is 2.02. The smallest absolute Gasteiger partial charge is 0.161 e. The minimum atomic E-state index is 0.659. The van der Waals surface area contributed by atoms with Crippen LogP contribution in [0.5, 0.6) is 0 Å². The molecule has 0 aliphatic rings. The lowest BCUT2D eigenvalue weighted by atomic mass is 10.2. The molecule has 0 bridgehead atoms. The van der Waals surface area contributed by atoms with Crippen LogP contribution in [0.25, 0.3) is 11.3 Å². The van der Waals surface area contributed by atoms with Crippen molar-refractivity contribution < 1.29 is 4.79 Å². The molecular formula is C8H6N2OS. The Labute approximate surface area is 73.2 Å². The summed E-state index contributed by atoms with van der Waals surface area (Å²) in [4.78, 5) is 13.9. The fourth-order valence-corrected chi connectivity index (χ4v) is 1.53. The Morgan fingerprint density at radius 2 is 2.50 bits per heavy atom. The van der Waals surface area contributed by atoms with Gasteiger partial charge < -0.3 is 4.98 Å². The van der Waals surface area contributed by atoms with Crippen LogP contribution in [-0.4, -0.2) is 15.6 Å². The Morgan fingerprint density at radius 3 is 3.08 bits per heavy atom. The Hall–Kier alpha value is -1.42. The summed E-state index contributed by atoms with van der Waals surface area (Å²) in [5.41, 5.74) is 1.86. The number of H-pyrrole nitrogens is 1. The molecule has 0 fully saturated rings. The molecule has 0 aromatic carbocycles. The number of carbonyl (C=O) groups excluding carboxylic acids is 1. The lowest BCUT2D eigenvalue weighted by Gasteiger charge is -1.84. The Balaban J connectivity index is 2.41. The molecule has 2 rings (SSSR count). The summed E-state index contributed by atoms with van der Waals surface area (Å²) >= 11 is 1.22. The molecule has 0 aliphatic carbocycles. The van der Waals surface area contributed by atoms with E-state index in [1.807, 2.05) is 18.5 Å². The van der Waals surface area contributed by atoms with E-state index in [0.29, 0.717) is 4.88 Å². The number of hydrogen-bond donors (Lipinski definition) is 1. The number of aldehydes is 1. The molecule has 1 N–H and O–H groups in total. The fraction of sp³-hybridized carbons (Fsp3) is 0. The highest BCUT2D eigenvalue weighted by Crippen LogP contribution is 2.19. The van der Waals surface area contributed by atoms with Gasteiger partial charge in [-0.05, 0) is 23.7 Å². The molecule has 0 aliphatic heterocycles. The second kappa shape index (κ2) is 2.91. The second-order valence-electron chi connectivity index (χ2n) is 2.33. The maximum atomic E-state index is 10.4. The van der Waals surface area contributed by atoms with Crippen LogP contribution in [0, 0.1) is 0 Å². The first kappa shape index (κ1) is 7.24. The van der Waals surface area contributed by atoms with Gasteiger partial charge in [0.25, 0.3) is 0 Å². The van der Waals surface area contributed by atoms with Crippen molar-refractivity contribution in [2.75, 3.05) is 0 Å². The maximum Gasteiger partial charge on any atom is 0.161 e. The average Bonchev–Trinajstić information content (AvgIpc) is 2.75. The molecule has 12 heavy (non-hydrogen) atoms. The van der Waals surface area contributed by atoms with Crippen molar-refractivity contribution in [2.24, 2.45) is 0 Å². The van der Waals surface area contributed by atoms with Crippen LogP contribution in [0.1, 0.15) is 9.67 Å². The zero-order valence-corrected chi connectivity index (χ0v) is 6.97. The lowest BCUT2D eigenvalue weighted by Crippen LogP contribution is -1.69. The van der Waals surface area contributed by atoms with E-state index in [0.717, 1.165) is 17.5 Å². The monoisotopic (exact) mass is 178 g/mol. The second-order valence-corrected chi connectivity index (χ2v) is 3.17. The predicted molar refractivity (Wildman–Crippen MR) is 47.3 cm³/mol.